The van der Waals surface area contributed by atoms with Crippen molar-refractivity contribution in [1.29, 1.82) is 0 Å². The first-order chi connectivity index (χ1) is 5.84. The summed E-state index contributed by atoms with van der Waals surface area (Å²) in [5, 5.41) is 0.656. The molecule has 0 amide bonds. The van der Waals surface area contributed by atoms with E-state index in [1.54, 1.807) is 11.3 Å². The first-order valence-corrected chi connectivity index (χ1v) is 4.98. The molecule has 0 radical (unpaired) electrons. The standard InChI is InChI=1S/C8H12N2OS.ClH/c9-8-10-5-7(12-8)4-6-2-1-3-11-6;/h5-6H,1-4H2,(H2,9,10);1H. The monoisotopic (exact) mass is 220 g/mol. The molecule has 0 saturated carbocycles. The van der Waals surface area contributed by atoms with Crippen molar-refractivity contribution < 1.29 is 4.74 Å². The van der Waals surface area contributed by atoms with Gasteiger partial charge >= 0.3 is 0 Å². The molecular formula is C8H13ClN2OS. The van der Waals surface area contributed by atoms with Crippen molar-refractivity contribution in [3.63, 3.8) is 0 Å². The Labute approximate surface area is 87.7 Å². The van der Waals surface area contributed by atoms with Crippen LogP contribution in [-0.4, -0.2) is 17.7 Å². The van der Waals surface area contributed by atoms with Crippen molar-refractivity contribution in [1.82, 2.24) is 4.98 Å². The minimum absolute atomic E-state index is 0. The van der Waals surface area contributed by atoms with E-state index in [9.17, 15) is 0 Å². The maximum Gasteiger partial charge on any atom is 0.180 e. The first kappa shape index (κ1) is 10.8. The summed E-state index contributed by atoms with van der Waals surface area (Å²) in [6.45, 7) is 0.916. The third kappa shape index (κ3) is 2.83. The number of ether oxygens (including phenoxy) is 1. The lowest BCUT2D eigenvalue weighted by Crippen LogP contribution is -2.07. The average molecular weight is 221 g/mol. The maximum atomic E-state index is 5.52. The van der Waals surface area contributed by atoms with Gasteiger partial charge in [0.2, 0.25) is 0 Å². The minimum atomic E-state index is 0. The smallest absolute Gasteiger partial charge is 0.180 e. The molecule has 0 aliphatic carbocycles. The summed E-state index contributed by atoms with van der Waals surface area (Å²) in [5.41, 5.74) is 5.52. The van der Waals surface area contributed by atoms with Crippen LogP contribution in [0, 0.1) is 0 Å². The molecule has 5 heteroatoms. The van der Waals surface area contributed by atoms with E-state index >= 15 is 0 Å². The Morgan fingerprint density at radius 3 is 3.08 bits per heavy atom. The zero-order chi connectivity index (χ0) is 8.39. The molecule has 1 atom stereocenters. The molecule has 74 valence electrons. The number of rotatable bonds is 2. The van der Waals surface area contributed by atoms with Crippen LogP contribution >= 0.6 is 23.7 Å². The van der Waals surface area contributed by atoms with E-state index in [0.29, 0.717) is 11.2 Å². The highest BCUT2D eigenvalue weighted by atomic mass is 35.5. The van der Waals surface area contributed by atoms with E-state index in [1.807, 2.05) is 6.20 Å². The fourth-order valence-electron chi connectivity index (χ4n) is 1.45. The van der Waals surface area contributed by atoms with Gasteiger partial charge in [0.15, 0.2) is 5.13 Å². The van der Waals surface area contributed by atoms with E-state index in [0.717, 1.165) is 13.0 Å². The molecule has 1 aromatic rings. The highest BCUT2D eigenvalue weighted by Gasteiger charge is 2.16. The van der Waals surface area contributed by atoms with Crippen LogP contribution in [-0.2, 0) is 11.2 Å². The highest BCUT2D eigenvalue weighted by Crippen LogP contribution is 2.21. The number of thiazole rings is 1. The van der Waals surface area contributed by atoms with Crippen molar-refractivity contribution in [3.8, 4) is 0 Å². The van der Waals surface area contributed by atoms with E-state index in [4.69, 9.17) is 10.5 Å². The first-order valence-electron chi connectivity index (χ1n) is 4.16. The van der Waals surface area contributed by atoms with Crippen molar-refractivity contribution in [3.05, 3.63) is 11.1 Å². The molecule has 1 saturated heterocycles. The number of anilines is 1. The van der Waals surface area contributed by atoms with Crippen LogP contribution in [0.1, 0.15) is 17.7 Å². The summed E-state index contributed by atoms with van der Waals surface area (Å²) in [7, 11) is 0. The maximum absolute atomic E-state index is 5.52. The van der Waals surface area contributed by atoms with Crippen LogP contribution in [0.15, 0.2) is 6.20 Å². The summed E-state index contributed by atoms with van der Waals surface area (Å²) >= 11 is 1.56. The van der Waals surface area contributed by atoms with E-state index in [-0.39, 0.29) is 12.4 Å². The molecule has 2 rings (SSSR count). The van der Waals surface area contributed by atoms with Gasteiger partial charge in [-0.15, -0.1) is 23.7 Å². The number of hydrogen-bond acceptors (Lipinski definition) is 4. The van der Waals surface area contributed by atoms with Crippen molar-refractivity contribution in [2.45, 2.75) is 25.4 Å². The Balaban J connectivity index is 0.000000845. The van der Waals surface area contributed by atoms with Crippen molar-refractivity contribution in [2.75, 3.05) is 12.3 Å². The Bertz CT molecular complexity index is 260. The van der Waals surface area contributed by atoms with Crippen LogP contribution in [0.2, 0.25) is 0 Å². The van der Waals surface area contributed by atoms with Crippen molar-refractivity contribution >= 4 is 28.9 Å². The van der Waals surface area contributed by atoms with Gasteiger partial charge < -0.3 is 10.5 Å². The number of aromatic nitrogens is 1. The summed E-state index contributed by atoms with van der Waals surface area (Å²) in [5.74, 6) is 0. The lowest BCUT2D eigenvalue weighted by Gasteiger charge is -2.05. The molecule has 1 unspecified atom stereocenters. The number of hydrogen-bond donors (Lipinski definition) is 1. The lowest BCUT2D eigenvalue weighted by atomic mass is 10.2. The van der Waals surface area contributed by atoms with Gasteiger partial charge in [-0.1, -0.05) is 0 Å². The SMILES string of the molecule is Cl.Nc1ncc(CC2CCCO2)s1. The third-order valence-corrected chi connectivity index (χ3v) is 2.87. The molecule has 0 bridgehead atoms. The summed E-state index contributed by atoms with van der Waals surface area (Å²) < 4.78 is 5.50. The van der Waals surface area contributed by atoms with Crippen LogP contribution in [0.25, 0.3) is 0 Å². The molecule has 0 spiro atoms. The predicted octanol–water partition coefficient (Wildman–Crippen LogP) is 1.87. The number of halogens is 1. The van der Waals surface area contributed by atoms with E-state index in [1.165, 1.54) is 17.7 Å². The number of nitrogens with two attached hydrogens (primary N) is 1. The normalized spacial score (nSPS) is 21.4. The fourth-order valence-corrected chi connectivity index (χ4v) is 2.20. The Morgan fingerprint density at radius 1 is 1.69 bits per heavy atom. The van der Waals surface area contributed by atoms with Crippen molar-refractivity contribution in [2.24, 2.45) is 0 Å². The molecule has 2 heterocycles. The van der Waals surface area contributed by atoms with Gasteiger partial charge in [-0.25, -0.2) is 4.98 Å². The molecule has 1 aliphatic heterocycles. The van der Waals surface area contributed by atoms with Gasteiger partial charge in [0.25, 0.3) is 0 Å². The molecule has 0 aromatic carbocycles. The molecular weight excluding hydrogens is 208 g/mol. The average Bonchev–Trinajstić information content (AvgIpc) is 2.63. The molecule has 1 aromatic heterocycles. The Morgan fingerprint density at radius 2 is 2.54 bits per heavy atom. The zero-order valence-corrected chi connectivity index (χ0v) is 8.87. The number of nitrogens with zero attached hydrogens (tertiary/aromatic N) is 1. The second-order valence-corrected chi connectivity index (χ2v) is 4.15. The summed E-state index contributed by atoms with van der Waals surface area (Å²) in [6.07, 6.45) is 5.61. The third-order valence-electron chi connectivity index (χ3n) is 2.02. The van der Waals surface area contributed by atoms with E-state index < -0.39 is 0 Å². The quantitative estimate of drug-likeness (QED) is 0.828. The van der Waals surface area contributed by atoms with Gasteiger partial charge in [-0.2, -0.15) is 0 Å². The number of nitrogen functional groups attached to an aromatic ring is 1. The largest absolute Gasteiger partial charge is 0.378 e. The van der Waals surface area contributed by atoms with Crippen LogP contribution < -0.4 is 5.73 Å². The minimum Gasteiger partial charge on any atom is -0.378 e. The van der Waals surface area contributed by atoms with E-state index in [2.05, 4.69) is 4.98 Å². The molecule has 3 nitrogen and oxygen atoms in total. The van der Waals surface area contributed by atoms with Crippen LogP contribution in [0.5, 0.6) is 0 Å². The van der Waals surface area contributed by atoms with Gasteiger partial charge in [-0.05, 0) is 12.8 Å². The van der Waals surface area contributed by atoms with Gasteiger partial charge in [0.1, 0.15) is 0 Å². The van der Waals surface area contributed by atoms with Gasteiger partial charge in [0, 0.05) is 24.1 Å². The Hall–Kier alpha value is -0.320. The highest BCUT2D eigenvalue weighted by molar-refractivity contribution is 7.15. The van der Waals surface area contributed by atoms with Crippen LogP contribution in [0.4, 0.5) is 5.13 Å². The molecule has 13 heavy (non-hydrogen) atoms. The molecule has 1 fully saturated rings. The van der Waals surface area contributed by atoms with Gasteiger partial charge in [-0.3, -0.25) is 0 Å². The Kier molecular flexibility index (Phi) is 3.96. The topological polar surface area (TPSA) is 48.1 Å². The second-order valence-electron chi connectivity index (χ2n) is 3.00. The lowest BCUT2D eigenvalue weighted by molar-refractivity contribution is 0.112. The molecule has 2 N–H and O–H groups in total. The summed E-state index contributed by atoms with van der Waals surface area (Å²) in [4.78, 5) is 5.23. The second kappa shape index (κ2) is 4.79. The fraction of sp³-hybridized carbons (Fsp3) is 0.625. The van der Waals surface area contributed by atoms with Gasteiger partial charge in [0.05, 0.1) is 6.10 Å². The summed E-state index contributed by atoms with van der Waals surface area (Å²) in [6, 6.07) is 0. The van der Waals surface area contributed by atoms with Crippen LogP contribution in [0.3, 0.4) is 0 Å². The molecule has 1 aliphatic rings. The zero-order valence-electron chi connectivity index (χ0n) is 7.23. The predicted molar refractivity (Wildman–Crippen MR) is 56.5 cm³/mol.